The van der Waals surface area contributed by atoms with Crippen molar-refractivity contribution in [2.45, 2.75) is 20.3 Å². The fourth-order valence-electron chi connectivity index (χ4n) is 1.45. The molecule has 0 fully saturated rings. The molecular weight excluding hydrogens is 240 g/mol. The Hall–Kier alpha value is -2.03. The molecule has 1 rings (SSSR count). The molecule has 102 valence electrons. The molecule has 0 N–H and O–H groups in total. The Morgan fingerprint density at radius 3 is 2.84 bits per heavy atom. The van der Waals surface area contributed by atoms with Crippen LogP contribution in [0.2, 0.25) is 0 Å². The van der Waals surface area contributed by atoms with E-state index in [1.807, 2.05) is 31.2 Å². The number of hydrogen-bond donors (Lipinski definition) is 0. The highest BCUT2D eigenvalue weighted by Crippen LogP contribution is 2.13. The van der Waals surface area contributed by atoms with Crippen LogP contribution in [0.4, 0.5) is 0 Å². The van der Waals surface area contributed by atoms with Gasteiger partial charge in [-0.05, 0) is 31.0 Å². The summed E-state index contributed by atoms with van der Waals surface area (Å²) in [6.07, 6.45) is 7.62. The summed E-state index contributed by atoms with van der Waals surface area (Å²) in [4.78, 5) is 11.2. The third-order valence-corrected chi connectivity index (χ3v) is 2.44. The van der Waals surface area contributed by atoms with Crippen LogP contribution in [0, 0.1) is 0 Å². The van der Waals surface area contributed by atoms with Crippen molar-refractivity contribution in [3.63, 3.8) is 0 Å². The van der Waals surface area contributed by atoms with E-state index in [1.165, 1.54) is 11.6 Å². The van der Waals surface area contributed by atoms with Gasteiger partial charge in [-0.1, -0.05) is 37.3 Å². The second kappa shape index (κ2) is 8.97. The van der Waals surface area contributed by atoms with E-state index in [0.717, 1.165) is 12.2 Å². The monoisotopic (exact) mass is 260 g/mol. The summed E-state index contributed by atoms with van der Waals surface area (Å²) in [7, 11) is 0. The maximum Gasteiger partial charge on any atom is 0.330 e. The van der Waals surface area contributed by atoms with Gasteiger partial charge < -0.3 is 9.47 Å². The van der Waals surface area contributed by atoms with E-state index in [0.29, 0.717) is 6.61 Å². The Balaban J connectivity index is 2.25. The highest BCUT2D eigenvalue weighted by Gasteiger charge is 1.98. The molecule has 0 saturated heterocycles. The molecular formula is C16H20O3. The Morgan fingerprint density at radius 1 is 1.26 bits per heavy atom. The van der Waals surface area contributed by atoms with Crippen LogP contribution < -0.4 is 4.74 Å². The molecule has 0 spiro atoms. The van der Waals surface area contributed by atoms with Crippen molar-refractivity contribution in [3.8, 4) is 5.75 Å². The second-order valence-corrected chi connectivity index (χ2v) is 3.90. The maximum atomic E-state index is 11.2. The van der Waals surface area contributed by atoms with Gasteiger partial charge in [0, 0.05) is 6.08 Å². The first kappa shape index (κ1) is 15.0. The third kappa shape index (κ3) is 6.46. The molecule has 0 aromatic heterocycles. The molecule has 19 heavy (non-hydrogen) atoms. The van der Waals surface area contributed by atoms with Crippen LogP contribution in [-0.2, 0) is 16.0 Å². The largest absolute Gasteiger partial charge is 0.490 e. The van der Waals surface area contributed by atoms with Crippen molar-refractivity contribution in [2.24, 2.45) is 0 Å². The van der Waals surface area contributed by atoms with Gasteiger partial charge in [-0.15, -0.1) is 0 Å². The van der Waals surface area contributed by atoms with Crippen molar-refractivity contribution in [1.82, 2.24) is 0 Å². The molecule has 1 aromatic rings. The van der Waals surface area contributed by atoms with E-state index in [9.17, 15) is 4.79 Å². The van der Waals surface area contributed by atoms with Crippen LogP contribution in [0.1, 0.15) is 19.4 Å². The first-order valence-electron chi connectivity index (χ1n) is 6.44. The van der Waals surface area contributed by atoms with E-state index >= 15 is 0 Å². The molecule has 0 atom stereocenters. The predicted molar refractivity (Wildman–Crippen MR) is 76.2 cm³/mol. The SMILES string of the molecule is C/C=C/C=C/C(=O)OCCOc1cccc(CC)c1. The minimum Gasteiger partial charge on any atom is -0.490 e. The van der Waals surface area contributed by atoms with Gasteiger partial charge >= 0.3 is 5.97 Å². The number of carbonyl (C=O) groups excluding carboxylic acids is 1. The average Bonchev–Trinajstić information content (AvgIpc) is 2.44. The van der Waals surface area contributed by atoms with Gasteiger partial charge in [-0.2, -0.15) is 0 Å². The van der Waals surface area contributed by atoms with Gasteiger partial charge in [0.1, 0.15) is 19.0 Å². The molecule has 3 nitrogen and oxygen atoms in total. The van der Waals surface area contributed by atoms with E-state index < -0.39 is 0 Å². The topological polar surface area (TPSA) is 35.5 Å². The van der Waals surface area contributed by atoms with Crippen LogP contribution in [0.15, 0.2) is 48.6 Å². The Bertz CT molecular complexity index is 447. The number of rotatable bonds is 7. The van der Waals surface area contributed by atoms with E-state index in [4.69, 9.17) is 9.47 Å². The maximum absolute atomic E-state index is 11.2. The summed E-state index contributed by atoms with van der Waals surface area (Å²) in [5, 5.41) is 0. The average molecular weight is 260 g/mol. The molecule has 0 heterocycles. The van der Waals surface area contributed by atoms with Crippen LogP contribution in [0.5, 0.6) is 5.75 Å². The first-order valence-corrected chi connectivity index (χ1v) is 6.44. The summed E-state index contributed by atoms with van der Waals surface area (Å²) >= 11 is 0. The highest BCUT2D eigenvalue weighted by molar-refractivity contribution is 5.82. The molecule has 0 aliphatic carbocycles. The molecule has 0 aliphatic rings. The lowest BCUT2D eigenvalue weighted by Gasteiger charge is -2.07. The number of aryl methyl sites for hydroxylation is 1. The zero-order chi connectivity index (χ0) is 13.9. The number of allylic oxidation sites excluding steroid dienone is 3. The molecule has 0 radical (unpaired) electrons. The molecule has 1 aromatic carbocycles. The predicted octanol–water partition coefficient (Wildman–Crippen LogP) is 3.30. The lowest BCUT2D eigenvalue weighted by Crippen LogP contribution is -2.10. The lowest BCUT2D eigenvalue weighted by atomic mass is 10.2. The minimum absolute atomic E-state index is 0.245. The number of esters is 1. The normalized spacial score (nSPS) is 11.1. The van der Waals surface area contributed by atoms with Crippen LogP contribution in [0.25, 0.3) is 0 Å². The molecule has 0 bridgehead atoms. The zero-order valence-electron chi connectivity index (χ0n) is 11.5. The first-order chi connectivity index (χ1) is 9.26. The fourth-order valence-corrected chi connectivity index (χ4v) is 1.45. The molecule has 3 heteroatoms. The summed E-state index contributed by atoms with van der Waals surface area (Å²) in [6, 6.07) is 7.90. The molecule has 0 unspecified atom stereocenters. The third-order valence-electron chi connectivity index (χ3n) is 2.44. The van der Waals surface area contributed by atoms with Gasteiger partial charge in [0.15, 0.2) is 0 Å². The summed E-state index contributed by atoms with van der Waals surface area (Å²) < 4.78 is 10.5. The second-order valence-electron chi connectivity index (χ2n) is 3.90. The van der Waals surface area contributed by atoms with Crippen LogP contribution >= 0.6 is 0 Å². The Labute approximate surface area is 114 Å². The number of ether oxygens (including phenoxy) is 2. The summed E-state index contributed by atoms with van der Waals surface area (Å²) in [5.74, 6) is 0.448. The van der Waals surface area contributed by atoms with Crippen molar-refractivity contribution in [2.75, 3.05) is 13.2 Å². The fraction of sp³-hybridized carbons (Fsp3) is 0.312. The van der Waals surface area contributed by atoms with Crippen LogP contribution in [0.3, 0.4) is 0 Å². The van der Waals surface area contributed by atoms with Gasteiger partial charge in [-0.3, -0.25) is 0 Å². The van der Waals surface area contributed by atoms with Gasteiger partial charge in [0.05, 0.1) is 0 Å². The Morgan fingerprint density at radius 2 is 2.11 bits per heavy atom. The van der Waals surface area contributed by atoms with E-state index in [1.54, 1.807) is 12.2 Å². The van der Waals surface area contributed by atoms with Gasteiger partial charge in [0.2, 0.25) is 0 Å². The molecule has 0 amide bonds. The number of benzene rings is 1. The molecule has 0 saturated carbocycles. The smallest absolute Gasteiger partial charge is 0.330 e. The van der Waals surface area contributed by atoms with Crippen LogP contribution in [-0.4, -0.2) is 19.2 Å². The van der Waals surface area contributed by atoms with Gasteiger partial charge in [0.25, 0.3) is 0 Å². The standard InChI is InChI=1S/C16H20O3/c1-3-5-6-10-16(17)19-12-11-18-15-9-7-8-14(4-2)13-15/h3,5-10,13H,4,11-12H2,1-2H3/b5-3+,10-6+. The summed E-state index contributed by atoms with van der Waals surface area (Å²) in [5.41, 5.74) is 1.23. The van der Waals surface area contributed by atoms with Crippen molar-refractivity contribution in [3.05, 3.63) is 54.1 Å². The number of hydrogen-bond acceptors (Lipinski definition) is 3. The summed E-state index contributed by atoms with van der Waals surface area (Å²) in [6.45, 7) is 4.58. The number of carbonyl (C=O) groups is 1. The van der Waals surface area contributed by atoms with E-state index in [-0.39, 0.29) is 12.6 Å². The highest BCUT2D eigenvalue weighted by atomic mass is 16.6. The van der Waals surface area contributed by atoms with Crippen molar-refractivity contribution < 1.29 is 14.3 Å². The minimum atomic E-state index is -0.357. The van der Waals surface area contributed by atoms with Crippen molar-refractivity contribution in [1.29, 1.82) is 0 Å². The molecule has 0 aliphatic heterocycles. The van der Waals surface area contributed by atoms with Gasteiger partial charge in [-0.25, -0.2) is 4.79 Å². The van der Waals surface area contributed by atoms with E-state index in [2.05, 4.69) is 13.0 Å². The Kier molecular flexibility index (Phi) is 7.10. The quantitative estimate of drug-likeness (QED) is 0.326. The van der Waals surface area contributed by atoms with Crippen molar-refractivity contribution >= 4 is 5.97 Å². The lowest BCUT2D eigenvalue weighted by molar-refractivity contribution is -0.138. The zero-order valence-corrected chi connectivity index (χ0v) is 11.5.